The lowest BCUT2D eigenvalue weighted by atomic mass is 10.1. The van der Waals surface area contributed by atoms with E-state index < -0.39 is 5.97 Å². The lowest BCUT2D eigenvalue weighted by Crippen LogP contribution is -2.27. The SMILES string of the molecule is COC(=O)c1nc2ccc(NC(=O)C3CCN(c4ccccc4F)C3)cc2[nH]1. The number of ether oxygens (including phenoxy) is 1. The average Bonchev–Trinajstić information content (AvgIpc) is 3.34. The number of fused-ring (bicyclic) bond motifs is 1. The minimum atomic E-state index is -0.555. The van der Waals surface area contributed by atoms with E-state index in [0.29, 0.717) is 41.9 Å². The van der Waals surface area contributed by atoms with Crippen LogP contribution in [-0.2, 0) is 9.53 Å². The van der Waals surface area contributed by atoms with Crippen LogP contribution in [0.4, 0.5) is 15.8 Å². The monoisotopic (exact) mass is 382 g/mol. The Morgan fingerprint density at radius 1 is 1.29 bits per heavy atom. The Kier molecular flexibility index (Phi) is 4.68. The third-order valence-corrected chi connectivity index (χ3v) is 4.88. The molecule has 1 saturated heterocycles. The highest BCUT2D eigenvalue weighted by Crippen LogP contribution is 2.27. The summed E-state index contributed by atoms with van der Waals surface area (Å²) in [5.41, 5.74) is 2.34. The number of carbonyl (C=O) groups excluding carboxylic acids is 2. The summed E-state index contributed by atoms with van der Waals surface area (Å²) in [6.07, 6.45) is 0.652. The molecule has 4 rings (SSSR count). The molecule has 1 fully saturated rings. The predicted molar refractivity (Wildman–Crippen MR) is 103 cm³/mol. The molecule has 0 spiro atoms. The van der Waals surface area contributed by atoms with Gasteiger partial charge in [-0.2, -0.15) is 0 Å². The van der Waals surface area contributed by atoms with E-state index in [2.05, 4.69) is 20.0 Å². The number of rotatable bonds is 4. The van der Waals surface area contributed by atoms with Crippen LogP contribution in [0.5, 0.6) is 0 Å². The third kappa shape index (κ3) is 3.40. The standard InChI is InChI=1S/C20H19FN4O3/c1-28-20(27)18-23-15-7-6-13(10-16(15)24-18)22-19(26)12-8-9-25(11-12)17-5-3-2-4-14(17)21/h2-7,10,12H,8-9,11H2,1H3,(H,22,26)(H,23,24). The Morgan fingerprint density at radius 3 is 2.89 bits per heavy atom. The number of aromatic amines is 1. The quantitative estimate of drug-likeness (QED) is 0.678. The number of anilines is 2. The van der Waals surface area contributed by atoms with Gasteiger partial charge >= 0.3 is 5.97 Å². The Bertz CT molecular complexity index is 1050. The van der Waals surface area contributed by atoms with Crippen molar-refractivity contribution in [3.05, 3.63) is 54.1 Å². The van der Waals surface area contributed by atoms with Crippen molar-refractivity contribution in [2.75, 3.05) is 30.4 Å². The number of H-pyrrole nitrogens is 1. The van der Waals surface area contributed by atoms with Crippen LogP contribution in [-0.4, -0.2) is 42.0 Å². The van der Waals surface area contributed by atoms with Gasteiger partial charge in [-0.1, -0.05) is 12.1 Å². The number of methoxy groups -OCH3 is 1. The summed E-state index contributed by atoms with van der Waals surface area (Å²) in [5, 5.41) is 2.89. The molecule has 1 aliphatic heterocycles. The lowest BCUT2D eigenvalue weighted by molar-refractivity contribution is -0.119. The first-order valence-corrected chi connectivity index (χ1v) is 8.93. The Morgan fingerprint density at radius 2 is 2.11 bits per heavy atom. The summed E-state index contributed by atoms with van der Waals surface area (Å²) in [6.45, 7) is 1.09. The molecule has 1 unspecified atom stereocenters. The normalized spacial score (nSPS) is 16.4. The van der Waals surface area contributed by atoms with E-state index in [1.165, 1.54) is 13.2 Å². The van der Waals surface area contributed by atoms with Gasteiger partial charge in [0.15, 0.2) is 0 Å². The molecule has 8 heteroatoms. The Balaban J connectivity index is 1.45. The summed E-state index contributed by atoms with van der Waals surface area (Å²) >= 11 is 0. The molecule has 2 N–H and O–H groups in total. The number of esters is 1. The highest BCUT2D eigenvalue weighted by molar-refractivity contribution is 5.96. The van der Waals surface area contributed by atoms with Gasteiger partial charge in [0.1, 0.15) is 5.82 Å². The lowest BCUT2D eigenvalue weighted by Gasteiger charge is -2.19. The van der Waals surface area contributed by atoms with Gasteiger partial charge in [-0.05, 0) is 36.8 Å². The molecule has 0 aliphatic carbocycles. The molecule has 3 aromatic rings. The van der Waals surface area contributed by atoms with Crippen LogP contribution in [0.1, 0.15) is 17.0 Å². The van der Waals surface area contributed by atoms with Crippen LogP contribution in [0.15, 0.2) is 42.5 Å². The summed E-state index contributed by atoms with van der Waals surface area (Å²) in [4.78, 5) is 33.1. The van der Waals surface area contributed by atoms with Gasteiger partial charge in [0.25, 0.3) is 0 Å². The molecule has 1 aliphatic rings. The number of halogens is 1. The highest BCUT2D eigenvalue weighted by Gasteiger charge is 2.29. The second-order valence-corrected chi connectivity index (χ2v) is 6.68. The van der Waals surface area contributed by atoms with Crippen LogP contribution in [0.3, 0.4) is 0 Å². The molecule has 2 heterocycles. The van der Waals surface area contributed by atoms with Crippen LogP contribution in [0.2, 0.25) is 0 Å². The number of nitrogens with zero attached hydrogens (tertiary/aromatic N) is 2. The average molecular weight is 382 g/mol. The van der Waals surface area contributed by atoms with Crippen molar-refractivity contribution in [3.63, 3.8) is 0 Å². The van der Waals surface area contributed by atoms with E-state index >= 15 is 0 Å². The van der Waals surface area contributed by atoms with Crippen LogP contribution in [0, 0.1) is 11.7 Å². The van der Waals surface area contributed by atoms with Crippen LogP contribution < -0.4 is 10.2 Å². The van der Waals surface area contributed by atoms with Crippen molar-refractivity contribution in [1.29, 1.82) is 0 Å². The second kappa shape index (κ2) is 7.30. The summed E-state index contributed by atoms with van der Waals surface area (Å²) < 4.78 is 18.6. The van der Waals surface area contributed by atoms with E-state index in [4.69, 9.17) is 0 Å². The molecule has 28 heavy (non-hydrogen) atoms. The molecule has 1 aromatic heterocycles. The van der Waals surface area contributed by atoms with Crippen molar-refractivity contribution in [2.45, 2.75) is 6.42 Å². The van der Waals surface area contributed by atoms with Gasteiger partial charge in [-0.3, -0.25) is 4.79 Å². The first-order chi connectivity index (χ1) is 13.5. The van der Waals surface area contributed by atoms with Gasteiger partial charge in [0, 0.05) is 18.8 Å². The zero-order chi connectivity index (χ0) is 19.7. The van der Waals surface area contributed by atoms with Crippen molar-refractivity contribution < 1.29 is 18.7 Å². The van der Waals surface area contributed by atoms with Gasteiger partial charge in [0.05, 0.1) is 29.7 Å². The van der Waals surface area contributed by atoms with Crippen molar-refractivity contribution in [1.82, 2.24) is 9.97 Å². The number of nitrogens with one attached hydrogen (secondary N) is 2. The molecule has 0 radical (unpaired) electrons. The molecular formula is C20H19FN4O3. The first-order valence-electron chi connectivity index (χ1n) is 8.93. The largest absolute Gasteiger partial charge is 0.463 e. The van der Waals surface area contributed by atoms with Gasteiger partial charge < -0.3 is 19.9 Å². The van der Waals surface area contributed by atoms with Crippen LogP contribution in [0.25, 0.3) is 11.0 Å². The van der Waals surface area contributed by atoms with Crippen LogP contribution >= 0.6 is 0 Å². The van der Waals surface area contributed by atoms with Gasteiger partial charge in [-0.25, -0.2) is 14.2 Å². The van der Waals surface area contributed by atoms with Crippen molar-refractivity contribution in [2.24, 2.45) is 5.92 Å². The molecule has 7 nitrogen and oxygen atoms in total. The molecule has 1 amide bonds. The highest BCUT2D eigenvalue weighted by atomic mass is 19.1. The molecule has 1 atom stereocenters. The Labute approximate surface area is 160 Å². The molecule has 0 bridgehead atoms. The molecule has 144 valence electrons. The maximum Gasteiger partial charge on any atom is 0.374 e. The van der Waals surface area contributed by atoms with Crippen molar-refractivity contribution in [3.8, 4) is 0 Å². The van der Waals surface area contributed by atoms with Gasteiger partial charge in [-0.15, -0.1) is 0 Å². The second-order valence-electron chi connectivity index (χ2n) is 6.68. The zero-order valence-electron chi connectivity index (χ0n) is 15.2. The summed E-state index contributed by atoms with van der Waals surface area (Å²) in [6, 6.07) is 11.7. The number of hydrogen-bond acceptors (Lipinski definition) is 5. The number of aromatic nitrogens is 2. The maximum absolute atomic E-state index is 14.0. The number of benzene rings is 2. The van der Waals surface area contributed by atoms with E-state index in [1.54, 1.807) is 36.4 Å². The summed E-state index contributed by atoms with van der Waals surface area (Å²) in [5.74, 6) is -1.08. The van der Waals surface area contributed by atoms with E-state index in [-0.39, 0.29) is 23.5 Å². The fraction of sp³-hybridized carbons (Fsp3) is 0.250. The Hall–Kier alpha value is -3.42. The smallest absolute Gasteiger partial charge is 0.374 e. The van der Waals surface area contributed by atoms with E-state index in [9.17, 15) is 14.0 Å². The minimum Gasteiger partial charge on any atom is -0.463 e. The fourth-order valence-corrected chi connectivity index (χ4v) is 3.43. The van der Waals surface area contributed by atoms with Gasteiger partial charge in [0.2, 0.25) is 11.7 Å². The number of amides is 1. The number of para-hydroxylation sites is 1. The van der Waals surface area contributed by atoms with E-state index in [0.717, 1.165) is 0 Å². The molecular weight excluding hydrogens is 363 g/mol. The summed E-state index contributed by atoms with van der Waals surface area (Å²) in [7, 11) is 1.29. The predicted octanol–water partition coefficient (Wildman–Crippen LogP) is 2.95. The molecule has 0 saturated carbocycles. The number of carbonyl (C=O) groups is 2. The fourth-order valence-electron chi connectivity index (χ4n) is 3.43. The number of hydrogen-bond donors (Lipinski definition) is 2. The molecule has 2 aromatic carbocycles. The van der Waals surface area contributed by atoms with E-state index in [1.807, 2.05) is 4.90 Å². The zero-order valence-corrected chi connectivity index (χ0v) is 15.2. The topological polar surface area (TPSA) is 87.3 Å². The maximum atomic E-state index is 14.0. The van der Waals surface area contributed by atoms with Crippen molar-refractivity contribution >= 4 is 34.3 Å². The number of imidazole rings is 1. The first kappa shape index (κ1) is 18.0. The third-order valence-electron chi connectivity index (χ3n) is 4.88. The minimum absolute atomic E-state index is 0.109.